The molecule has 39 heavy (non-hydrogen) atoms. The molecule has 0 aliphatic heterocycles. The summed E-state index contributed by atoms with van der Waals surface area (Å²) in [5.74, 6) is 2.84. The minimum absolute atomic E-state index is 0.0160. The van der Waals surface area contributed by atoms with Crippen LogP contribution in [0.2, 0.25) is 0 Å². The molecule has 0 saturated carbocycles. The van der Waals surface area contributed by atoms with Crippen LogP contribution in [-0.4, -0.2) is 19.1 Å². The third-order valence-corrected chi connectivity index (χ3v) is 7.04. The molecule has 7 heteroatoms. The molecule has 3 aromatic carbocycles. The van der Waals surface area contributed by atoms with Crippen molar-refractivity contribution >= 4 is 27.6 Å². The van der Waals surface area contributed by atoms with Crippen LogP contribution in [0.3, 0.4) is 0 Å². The zero-order valence-electron chi connectivity index (χ0n) is 22.2. The van der Waals surface area contributed by atoms with Gasteiger partial charge in [-0.1, -0.05) is 56.2 Å². The number of rotatable bonds is 4. The van der Waals surface area contributed by atoms with E-state index >= 15 is 0 Å². The molecule has 7 rings (SSSR count). The number of nitrogens with zero attached hydrogens (tertiary/aromatic N) is 5. The molecule has 0 unspecified atom stereocenters. The highest BCUT2D eigenvalue weighted by atomic mass is 16.5. The summed E-state index contributed by atoms with van der Waals surface area (Å²) in [4.78, 5) is 4.78. The van der Waals surface area contributed by atoms with E-state index in [0.717, 1.165) is 45.0 Å². The molecule has 7 aromatic rings. The lowest BCUT2D eigenvalue weighted by Crippen LogP contribution is -2.29. The topological polar surface area (TPSA) is 61.4 Å². The number of aromatic nitrogens is 5. The molecule has 192 valence electrons. The van der Waals surface area contributed by atoms with Crippen molar-refractivity contribution < 1.29 is 13.8 Å². The first-order chi connectivity index (χ1) is 18.8. The number of aryl methyl sites for hydroxylation is 1. The van der Waals surface area contributed by atoms with Crippen molar-refractivity contribution in [2.45, 2.75) is 26.2 Å². The molecule has 0 aliphatic rings. The fraction of sp³-hybridized carbons (Fsp3) is 0.156. The van der Waals surface area contributed by atoms with E-state index in [1.54, 1.807) is 15.3 Å². The van der Waals surface area contributed by atoms with Crippen molar-refractivity contribution in [3.63, 3.8) is 0 Å². The first-order valence-electron chi connectivity index (χ1n) is 12.9. The smallest absolute Gasteiger partial charge is 0.320 e. The number of benzene rings is 3. The Kier molecular flexibility index (Phi) is 5.10. The van der Waals surface area contributed by atoms with Gasteiger partial charge in [-0.15, -0.1) is 0 Å². The number of hydrogen-bond donors (Lipinski definition) is 0. The van der Waals surface area contributed by atoms with Gasteiger partial charge >= 0.3 is 5.84 Å². The van der Waals surface area contributed by atoms with Crippen LogP contribution in [0.15, 0.2) is 95.7 Å². The Hall–Kier alpha value is -4.91. The third kappa shape index (κ3) is 3.94. The van der Waals surface area contributed by atoms with Crippen molar-refractivity contribution in [2.24, 2.45) is 7.05 Å². The summed E-state index contributed by atoms with van der Waals surface area (Å²) < 4.78 is 17.6. The quantitative estimate of drug-likeness (QED) is 0.192. The van der Waals surface area contributed by atoms with Gasteiger partial charge in [0.05, 0.1) is 30.0 Å². The van der Waals surface area contributed by atoms with Gasteiger partial charge in [-0.2, -0.15) is 4.68 Å². The van der Waals surface area contributed by atoms with Gasteiger partial charge in [-0.05, 0) is 59.0 Å². The first kappa shape index (κ1) is 23.2. The molecule has 0 saturated heterocycles. The number of para-hydroxylation sites is 1. The Morgan fingerprint density at radius 1 is 0.872 bits per heavy atom. The number of oxazole rings is 1. The van der Waals surface area contributed by atoms with Crippen molar-refractivity contribution in [1.82, 2.24) is 19.1 Å². The lowest BCUT2D eigenvalue weighted by Gasteiger charge is -2.20. The first-order valence-corrected chi connectivity index (χ1v) is 12.9. The van der Waals surface area contributed by atoms with Gasteiger partial charge in [-0.3, -0.25) is 4.57 Å². The minimum Gasteiger partial charge on any atom is -0.481 e. The Morgan fingerprint density at radius 3 is 2.56 bits per heavy atom. The predicted molar refractivity (Wildman–Crippen MR) is 150 cm³/mol. The zero-order valence-corrected chi connectivity index (χ0v) is 22.2. The van der Waals surface area contributed by atoms with Crippen molar-refractivity contribution in [1.29, 1.82) is 0 Å². The number of pyridine rings is 1. The molecule has 4 aromatic heterocycles. The molecular formula is C32H27N5O2. The maximum atomic E-state index is 6.40. The molecule has 0 spiro atoms. The van der Waals surface area contributed by atoms with E-state index in [0.29, 0.717) is 5.84 Å². The number of ether oxygens (including phenoxy) is 1. The van der Waals surface area contributed by atoms with E-state index in [1.807, 2.05) is 43.6 Å². The van der Waals surface area contributed by atoms with Gasteiger partial charge in [0.1, 0.15) is 17.3 Å². The Balaban J connectivity index is 1.33. The molecule has 7 nitrogen and oxygen atoms in total. The van der Waals surface area contributed by atoms with E-state index in [1.165, 1.54) is 10.9 Å². The summed E-state index contributed by atoms with van der Waals surface area (Å²) in [6.07, 6.45) is 6.70. The maximum Gasteiger partial charge on any atom is 0.320 e. The van der Waals surface area contributed by atoms with Crippen LogP contribution in [-0.2, 0) is 12.5 Å². The van der Waals surface area contributed by atoms with Crippen LogP contribution >= 0.6 is 0 Å². The van der Waals surface area contributed by atoms with E-state index < -0.39 is 0 Å². The van der Waals surface area contributed by atoms with Gasteiger partial charge in [0.15, 0.2) is 0 Å². The zero-order chi connectivity index (χ0) is 26.7. The normalized spacial score (nSPS) is 12.1. The van der Waals surface area contributed by atoms with Gasteiger partial charge in [-0.25, -0.2) is 4.98 Å². The van der Waals surface area contributed by atoms with Crippen LogP contribution in [0.4, 0.5) is 0 Å². The van der Waals surface area contributed by atoms with Crippen LogP contribution < -0.4 is 9.42 Å². The summed E-state index contributed by atoms with van der Waals surface area (Å²) in [6, 6.07) is 26.9. The fourth-order valence-corrected chi connectivity index (χ4v) is 5.10. The molecule has 0 amide bonds. The summed E-state index contributed by atoms with van der Waals surface area (Å²) in [5, 5.41) is 6.60. The monoisotopic (exact) mass is 513 g/mol. The number of hydrogen-bond acceptors (Lipinski definition) is 4. The predicted octanol–water partition coefficient (Wildman–Crippen LogP) is 6.80. The van der Waals surface area contributed by atoms with Gasteiger partial charge in [0, 0.05) is 23.0 Å². The van der Waals surface area contributed by atoms with Gasteiger partial charge in [0.25, 0.3) is 0 Å². The lowest BCUT2D eigenvalue weighted by molar-refractivity contribution is -0.731. The second kappa shape index (κ2) is 8.56. The summed E-state index contributed by atoms with van der Waals surface area (Å²) in [6.45, 7) is 6.66. The van der Waals surface area contributed by atoms with E-state index in [4.69, 9.17) is 14.1 Å². The van der Waals surface area contributed by atoms with Crippen molar-refractivity contribution in [3.05, 3.63) is 103 Å². The van der Waals surface area contributed by atoms with Gasteiger partial charge < -0.3 is 13.6 Å². The van der Waals surface area contributed by atoms with Crippen LogP contribution in [0.5, 0.6) is 11.5 Å². The minimum atomic E-state index is 0.0160. The highest BCUT2D eigenvalue weighted by Crippen LogP contribution is 2.36. The SMILES string of the molecule is C[n+]1[c-]n2c(-c3cccc(Oc4ccc5c6ccccc6n(-c6cc(C(C)(C)C)ccn6)c5c4)c3)coc2n1. The Bertz CT molecular complexity index is 2000. The molecule has 0 bridgehead atoms. The average Bonchev–Trinajstić information content (AvgIpc) is 3.58. The average molecular weight is 514 g/mol. The number of fused-ring (bicyclic) bond motifs is 4. The molecule has 0 radical (unpaired) electrons. The fourth-order valence-electron chi connectivity index (χ4n) is 5.10. The van der Waals surface area contributed by atoms with E-state index in [2.05, 4.69) is 85.3 Å². The largest absolute Gasteiger partial charge is 0.481 e. The lowest BCUT2D eigenvalue weighted by atomic mass is 9.88. The standard InChI is InChI=1S/C32H27N5O2/c1-32(2,3)22-14-15-33-30(17-22)37-27-11-6-5-10-25(27)26-13-12-24(18-28(26)37)39-23-9-7-8-21(16-23)29-19-38-31-34-35(4)20-36(29)31/h5-19H,1-4H3. The second-order valence-electron chi connectivity index (χ2n) is 10.8. The van der Waals surface area contributed by atoms with Crippen LogP contribution in [0, 0.1) is 6.33 Å². The van der Waals surface area contributed by atoms with Crippen molar-refractivity contribution in [2.75, 3.05) is 0 Å². The Morgan fingerprint density at radius 2 is 1.69 bits per heavy atom. The summed E-state index contributed by atoms with van der Waals surface area (Å²) >= 11 is 0. The molecule has 0 N–H and O–H groups in total. The highest BCUT2D eigenvalue weighted by molar-refractivity contribution is 6.09. The molecule has 0 atom stereocenters. The summed E-state index contributed by atoms with van der Waals surface area (Å²) in [5.41, 5.74) is 5.20. The second-order valence-corrected chi connectivity index (χ2v) is 10.8. The molecule has 0 fully saturated rings. The van der Waals surface area contributed by atoms with Crippen LogP contribution in [0.25, 0.3) is 44.7 Å². The molecule has 0 aliphatic carbocycles. The van der Waals surface area contributed by atoms with Crippen molar-refractivity contribution in [3.8, 4) is 28.6 Å². The molecule has 4 heterocycles. The van der Waals surface area contributed by atoms with Crippen LogP contribution in [0.1, 0.15) is 26.3 Å². The van der Waals surface area contributed by atoms with Gasteiger partial charge in [0.2, 0.25) is 6.33 Å². The van der Waals surface area contributed by atoms with E-state index in [-0.39, 0.29) is 5.41 Å². The summed E-state index contributed by atoms with van der Waals surface area (Å²) in [7, 11) is 1.82. The maximum absolute atomic E-state index is 6.40. The third-order valence-electron chi connectivity index (χ3n) is 7.04. The van der Waals surface area contributed by atoms with E-state index in [9.17, 15) is 0 Å². The molecular weight excluding hydrogens is 486 g/mol. The Labute approximate surface area is 225 Å². The highest BCUT2D eigenvalue weighted by Gasteiger charge is 2.18.